The van der Waals surface area contributed by atoms with Gasteiger partial charge in [0.25, 0.3) is 5.91 Å². The molecule has 0 saturated carbocycles. The molecule has 0 aromatic carbocycles. The zero-order valence-corrected chi connectivity index (χ0v) is 11.5. The van der Waals surface area contributed by atoms with Crippen molar-refractivity contribution in [3.8, 4) is 0 Å². The summed E-state index contributed by atoms with van der Waals surface area (Å²) in [6, 6.07) is 0. The number of hydrogen-bond acceptors (Lipinski definition) is 4. The number of aromatic amines is 1. The number of nitrogens with one attached hydrogen (secondary N) is 1. The molecule has 0 aliphatic carbocycles. The van der Waals surface area contributed by atoms with Gasteiger partial charge in [0, 0.05) is 18.8 Å². The average molecular weight is 267 g/mol. The Morgan fingerprint density at radius 1 is 1.47 bits per heavy atom. The van der Waals surface area contributed by atoms with Gasteiger partial charge in [0.1, 0.15) is 0 Å². The first-order valence-electron chi connectivity index (χ1n) is 6.66. The average Bonchev–Trinajstić information content (AvgIpc) is 2.76. The first-order chi connectivity index (χ1) is 9.13. The Bertz CT molecular complexity index is 417. The third kappa shape index (κ3) is 3.13. The van der Waals surface area contributed by atoms with E-state index in [0.29, 0.717) is 25.3 Å². The van der Waals surface area contributed by atoms with Crippen molar-refractivity contribution >= 4 is 5.91 Å². The molecule has 6 nitrogen and oxygen atoms in total. The normalized spacial score (nSPS) is 16.9. The molecule has 106 valence electrons. The summed E-state index contributed by atoms with van der Waals surface area (Å²) < 4.78 is 5.49. The van der Waals surface area contributed by atoms with Crippen molar-refractivity contribution in [1.29, 1.82) is 0 Å². The highest BCUT2D eigenvalue weighted by Gasteiger charge is 2.26. The Morgan fingerprint density at radius 2 is 2.16 bits per heavy atom. The van der Waals surface area contributed by atoms with E-state index in [9.17, 15) is 4.79 Å². The number of piperidine rings is 1. The Hall–Kier alpha value is -1.40. The van der Waals surface area contributed by atoms with E-state index in [-0.39, 0.29) is 18.6 Å². The number of aryl methyl sites for hydroxylation is 2. The van der Waals surface area contributed by atoms with Crippen molar-refractivity contribution in [2.45, 2.75) is 32.8 Å². The predicted molar refractivity (Wildman–Crippen MR) is 70.0 cm³/mol. The molecule has 2 heterocycles. The van der Waals surface area contributed by atoms with Crippen LogP contribution < -0.4 is 0 Å². The summed E-state index contributed by atoms with van der Waals surface area (Å²) in [5, 5.41) is 15.6. The summed E-state index contributed by atoms with van der Waals surface area (Å²) in [6.07, 6.45) is 1.80. The summed E-state index contributed by atoms with van der Waals surface area (Å²) in [5.41, 5.74) is 2.26. The summed E-state index contributed by atoms with van der Waals surface area (Å²) in [6.45, 7) is 5.52. The molecule has 19 heavy (non-hydrogen) atoms. The lowest BCUT2D eigenvalue weighted by Crippen LogP contribution is -2.41. The lowest BCUT2D eigenvalue weighted by atomic mass is 10.1. The van der Waals surface area contributed by atoms with E-state index in [4.69, 9.17) is 9.84 Å². The number of aliphatic hydroxyl groups excluding tert-OH is 1. The van der Waals surface area contributed by atoms with Gasteiger partial charge in [0.15, 0.2) is 0 Å². The second kappa shape index (κ2) is 6.16. The molecule has 0 spiro atoms. The van der Waals surface area contributed by atoms with Crippen molar-refractivity contribution in [1.82, 2.24) is 15.1 Å². The monoisotopic (exact) mass is 267 g/mol. The zero-order chi connectivity index (χ0) is 13.8. The first-order valence-corrected chi connectivity index (χ1v) is 6.66. The van der Waals surface area contributed by atoms with E-state index in [2.05, 4.69) is 10.2 Å². The van der Waals surface area contributed by atoms with Crippen LogP contribution in [0, 0.1) is 13.8 Å². The Balaban J connectivity index is 1.93. The van der Waals surface area contributed by atoms with Crippen LogP contribution in [0.4, 0.5) is 0 Å². The predicted octanol–water partition coefficient (Wildman–Crippen LogP) is 0.640. The smallest absolute Gasteiger partial charge is 0.257 e. The van der Waals surface area contributed by atoms with Gasteiger partial charge in [-0.1, -0.05) is 0 Å². The number of nitrogens with zero attached hydrogens (tertiary/aromatic N) is 2. The number of aliphatic hydroxyl groups is 1. The third-order valence-electron chi connectivity index (χ3n) is 3.52. The maximum atomic E-state index is 12.4. The largest absolute Gasteiger partial charge is 0.394 e. The van der Waals surface area contributed by atoms with E-state index in [1.165, 1.54) is 0 Å². The highest BCUT2D eigenvalue weighted by molar-refractivity contribution is 5.96. The molecule has 0 bridgehead atoms. The van der Waals surface area contributed by atoms with E-state index >= 15 is 0 Å². The molecule has 1 amide bonds. The topological polar surface area (TPSA) is 78.5 Å². The quantitative estimate of drug-likeness (QED) is 0.839. The number of likely N-dealkylation sites (tertiary alicyclic amines) is 1. The van der Waals surface area contributed by atoms with Crippen LogP contribution in [0.2, 0.25) is 0 Å². The minimum atomic E-state index is 0.0457. The maximum absolute atomic E-state index is 12.4. The Labute approximate surface area is 112 Å². The van der Waals surface area contributed by atoms with Gasteiger partial charge in [-0.05, 0) is 26.7 Å². The molecule has 0 unspecified atom stereocenters. The highest BCUT2D eigenvalue weighted by atomic mass is 16.5. The fraction of sp³-hybridized carbons (Fsp3) is 0.692. The number of amides is 1. The van der Waals surface area contributed by atoms with Gasteiger partial charge in [-0.2, -0.15) is 5.10 Å². The molecule has 0 atom stereocenters. The number of rotatable bonds is 4. The third-order valence-corrected chi connectivity index (χ3v) is 3.52. The second-order valence-corrected chi connectivity index (χ2v) is 4.89. The summed E-state index contributed by atoms with van der Waals surface area (Å²) in [7, 11) is 0. The zero-order valence-electron chi connectivity index (χ0n) is 11.5. The molecule has 2 N–H and O–H groups in total. The van der Waals surface area contributed by atoms with Crippen molar-refractivity contribution in [2.24, 2.45) is 0 Å². The van der Waals surface area contributed by atoms with Crippen LogP contribution in [0.5, 0.6) is 0 Å². The molecule has 1 aromatic rings. The molecular weight excluding hydrogens is 246 g/mol. The van der Waals surface area contributed by atoms with Crippen molar-refractivity contribution in [3.05, 3.63) is 17.0 Å². The van der Waals surface area contributed by atoms with Crippen molar-refractivity contribution in [2.75, 3.05) is 26.3 Å². The summed E-state index contributed by atoms with van der Waals surface area (Å²) in [5.74, 6) is 0.0457. The van der Waals surface area contributed by atoms with Gasteiger partial charge >= 0.3 is 0 Å². The molecule has 2 rings (SSSR count). The molecule has 1 aliphatic heterocycles. The van der Waals surface area contributed by atoms with E-state index in [0.717, 1.165) is 24.2 Å². The number of aromatic nitrogens is 2. The van der Waals surface area contributed by atoms with Crippen molar-refractivity contribution in [3.63, 3.8) is 0 Å². The number of carbonyl (C=O) groups is 1. The van der Waals surface area contributed by atoms with E-state index in [1.807, 2.05) is 18.7 Å². The minimum absolute atomic E-state index is 0.0457. The van der Waals surface area contributed by atoms with E-state index < -0.39 is 0 Å². The summed E-state index contributed by atoms with van der Waals surface area (Å²) >= 11 is 0. The van der Waals surface area contributed by atoms with Gasteiger partial charge in [-0.25, -0.2) is 0 Å². The molecule has 1 saturated heterocycles. The molecule has 1 fully saturated rings. The maximum Gasteiger partial charge on any atom is 0.257 e. The van der Waals surface area contributed by atoms with E-state index in [1.54, 1.807) is 0 Å². The Morgan fingerprint density at radius 3 is 2.68 bits per heavy atom. The van der Waals surface area contributed by atoms with Gasteiger partial charge in [-0.15, -0.1) is 0 Å². The number of ether oxygens (including phenoxy) is 1. The van der Waals surface area contributed by atoms with Crippen LogP contribution >= 0.6 is 0 Å². The SMILES string of the molecule is Cc1n[nH]c(C)c1C(=O)N1CCC(OCCO)CC1. The molecule has 1 aromatic heterocycles. The van der Waals surface area contributed by atoms with Crippen LogP contribution in [-0.2, 0) is 4.74 Å². The van der Waals surface area contributed by atoms with Crippen LogP contribution in [0.3, 0.4) is 0 Å². The standard InChI is InChI=1S/C13H21N3O3/c1-9-12(10(2)15-14-9)13(18)16-5-3-11(4-6-16)19-8-7-17/h11,17H,3-8H2,1-2H3,(H,14,15). The van der Waals surface area contributed by atoms with Gasteiger partial charge in [-0.3, -0.25) is 9.89 Å². The number of carbonyl (C=O) groups excluding carboxylic acids is 1. The van der Waals surface area contributed by atoms with Crippen LogP contribution in [0.1, 0.15) is 34.6 Å². The fourth-order valence-corrected chi connectivity index (χ4v) is 2.47. The van der Waals surface area contributed by atoms with Gasteiger partial charge < -0.3 is 14.7 Å². The molecular formula is C13H21N3O3. The van der Waals surface area contributed by atoms with Gasteiger partial charge in [0.05, 0.1) is 30.6 Å². The highest BCUT2D eigenvalue weighted by Crippen LogP contribution is 2.18. The van der Waals surface area contributed by atoms with Crippen LogP contribution in [0.15, 0.2) is 0 Å². The molecule has 6 heteroatoms. The van der Waals surface area contributed by atoms with Crippen LogP contribution in [0.25, 0.3) is 0 Å². The molecule has 1 aliphatic rings. The molecule has 0 radical (unpaired) electrons. The van der Waals surface area contributed by atoms with Gasteiger partial charge in [0.2, 0.25) is 0 Å². The number of H-pyrrole nitrogens is 1. The van der Waals surface area contributed by atoms with Crippen molar-refractivity contribution < 1.29 is 14.6 Å². The Kier molecular flexibility index (Phi) is 4.55. The first kappa shape index (κ1) is 14.0. The summed E-state index contributed by atoms with van der Waals surface area (Å²) in [4.78, 5) is 14.3. The fourth-order valence-electron chi connectivity index (χ4n) is 2.47. The minimum Gasteiger partial charge on any atom is -0.394 e. The van der Waals surface area contributed by atoms with Crippen LogP contribution in [-0.4, -0.2) is 58.5 Å². The second-order valence-electron chi connectivity index (χ2n) is 4.89. The number of hydrogen-bond donors (Lipinski definition) is 2. The lowest BCUT2D eigenvalue weighted by molar-refractivity contribution is -0.00556. The lowest BCUT2D eigenvalue weighted by Gasteiger charge is -2.32.